The van der Waals surface area contributed by atoms with Crippen molar-refractivity contribution in [2.45, 2.75) is 32.7 Å². The molecule has 3 aromatic rings. The van der Waals surface area contributed by atoms with Gasteiger partial charge in [-0.2, -0.15) is 0 Å². The van der Waals surface area contributed by atoms with Gasteiger partial charge in [0.25, 0.3) is 11.8 Å². The Morgan fingerprint density at radius 1 is 1.05 bits per heavy atom. The highest BCUT2D eigenvalue weighted by Gasteiger charge is 2.32. The quantitative estimate of drug-likeness (QED) is 0.344. The van der Waals surface area contributed by atoms with Gasteiger partial charge in [-0.05, 0) is 61.7 Å². The van der Waals surface area contributed by atoms with E-state index >= 15 is 0 Å². The van der Waals surface area contributed by atoms with Gasteiger partial charge in [0.1, 0.15) is 5.82 Å². The first kappa shape index (κ1) is 27.6. The molecule has 4 rings (SSSR count). The maximum absolute atomic E-state index is 13.2. The molecule has 0 unspecified atom stereocenters. The molecule has 0 bridgehead atoms. The van der Waals surface area contributed by atoms with E-state index in [9.17, 15) is 9.59 Å². The standard InChI is InChI=1S/C31H36N6O2/c1-20(2)36(5)29-13-12-25(17-34-29)30(38)35-28-14-24(7-6-21(28)3)31(39)37-18-27(19-37)23-10-8-22(9-11-23)26(15-32)16-33-4/h6-17,20,27,32-33H,18-19H2,1-5H3,(H,35,38)/b26-16+,32-15?. The molecule has 1 fully saturated rings. The molecular formula is C31H36N6O2. The monoisotopic (exact) mass is 524 g/mol. The van der Waals surface area contributed by atoms with Crippen molar-refractivity contribution in [2.75, 3.05) is 37.4 Å². The number of nitrogens with one attached hydrogen (secondary N) is 3. The molecule has 2 amide bonds. The molecule has 0 atom stereocenters. The molecule has 0 radical (unpaired) electrons. The number of likely N-dealkylation sites (tertiary alicyclic amines) is 1. The van der Waals surface area contributed by atoms with E-state index in [-0.39, 0.29) is 17.7 Å². The molecule has 0 aliphatic carbocycles. The van der Waals surface area contributed by atoms with Crippen LogP contribution in [0.2, 0.25) is 0 Å². The zero-order valence-electron chi connectivity index (χ0n) is 23.2. The first-order valence-corrected chi connectivity index (χ1v) is 13.1. The van der Waals surface area contributed by atoms with Gasteiger partial charge in [0.15, 0.2) is 0 Å². The average Bonchev–Trinajstić information content (AvgIpc) is 2.92. The van der Waals surface area contributed by atoms with Gasteiger partial charge < -0.3 is 25.8 Å². The zero-order chi connectivity index (χ0) is 28.1. The predicted octanol–water partition coefficient (Wildman–Crippen LogP) is 4.94. The summed E-state index contributed by atoms with van der Waals surface area (Å²) in [4.78, 5) is 34.4. The third-order valence-electron chi connectivity index (χ3n) is 7.22. The van der Waals surface area contributed by atoms with E-state index in [0.29, 0.717) is 35.9 Å². The molecule has 1 saturated heterocycles. The highest BCUT2D eigenvalue weighted by atomic mass is 16.2. The number of pyridine rings is 1. The summed E-state index contributed by atoms with van der Waals surface area (Å²) in [5, 5.41) is 13.5. The maximum Gasteiger partial charge on any atom is 0.257 e. The van der Waals surface area contributed by atoms with E-state index < -0.39 is 0 Å². The number of benzene rings is 2. The van der Waals surface area contributed by atoms with Crippen LogP contribution < -0.4 is 15.5 Å². The number of hydrogen-bond acceptors (Lipinski definition) is 6. The second kappa shape index (κ2) is 11.9. The molecule has 202 valence electrons. The number of hydrogen-bond donors (Lipinski definition) is 3. The van der Waals surface area contributed by atoms with Crippen LogP contribution >= 0.6 is 0 Å². The Kier molecular flexibility index (Phi) is 8.44. The van der Waals surface area contributed by atoms with Crippen LogP contribution in [0.25, 0.3) is 5.57 Å². The summed E-state index contributed by atoms with van der Waals surface area (Å²) in [5.41, 5.74) is 5.44. The number of aryl methyl sites for hydroxylation is 1. The van der Waals surface area contributed by atoms with Gasteiger partial charge in [0.05, 0.1) is 5.56 Å². The summed E-state index contributed by atoms with van der Waals surface area (Å²) in [7, 11) is 3.78. The summed E-state index contributed by atoms with van der Waals surface area (Å²) in [6.45, 7) is 7.34. The van der Waals surface area contributed by atoms with Crippen LogP contribution in [0.5, 0.6) is 0 Å². The molecular weight excluding hydrogens is 488 g/mol. The molecule has 1 aromatic heterocycles. The lowest BCUT2D eigenvalue weighted by molar-refractivity contribution is 0.0602. The predicted molar refractivity (Wildman–Crippen MR) is 158 cm³/mol. The fraction of sp³-hybridized carbons (Fsp3) is 0.290. The minimum absolute atomic E-state index is 0.0517. The van der Waals surface area contributed by atoms with E-state index in [2.05, 4.69) is 41.6 Å². The number of carbonyl (C=O) groups is 2. The van der Waals surface area contributed by atoms with Gasteiger partial charge in [0.2, 0.25) is 0 Å². The van der Waals surface area contributed by atoms with Gasteiger partial charge >= 0.3 is 0 Å². The van der Waals surface area contributed by atoms with Gasteiger partial charge in [-0.15, -0.1) is 0 Å². The summed E-state index contributed by atoms with van der Waals surface area (Å²) < 4.78 is 0. The lowest BCUT2D eigenvalue weighted by Gasteiger charge is -2.39. The number of nitrogens with zero attached hydrogens (tertiary/aromatic N) is 3. The number of rotatable bonds is 9. The van der Waals surface area contributed by atoms with E-state index in [0.717, 1.165) is 22.5 Å². The summed E-state index contributed by atoms with van der Waals surface area (Å²) >= 11 is 0. The molecule has 2 heterocycles. The number of aromatic nitrogens is 1. The SMILES string of the molecule is CN/C=C(\C=N)c1ccc(C2CN(C(=O)c3ccc(C)c(NC(=O)c4ccc(N(C)C(C)C)nc4)c3)C2)cc1. The molecule has 1 aliphatic rings. The highest BCUT2D eigenvalue weighted by molar-refractivity contribution is 6.08. The highest BCUT2D eigenvalue weighted by Crippen LogP contribution is 2.30. The fourth-order valence-corrected chi connectivity index (χ4v) is 4.43. The number of allylic oxidation sites excluding steroid dienone is 1. The maximum atomic E-state index is 13.2. The average molecular weight is 525 g/mol. The molecule has 0 spiro atoms. The van der Waals surface area contributed by atoms with Crippen LogP contribution in [0.3, 0.4) is 0 Å². The third kappa shape index (κ3) is 6.17. The van der Waals surface area contributed by atoms with Crippen molar-refractivity contribution in [1.29, 1.82) is 5.41 Å². The van der Waals surface area contributed by atoms with Gasteiger partial charge in [-0.3, -0.25) is 9.59 Å². The van der Waals surface area contributed by atoms with E-state index in [1.807, 2.05) is 55.1 Å². The number of carbonyl (C=O) groups excluding carboxylic acids is 2. The van der Waals surface area contributed by atoms with Crippen LogP contribution in [0, 0.1) is 12.3 Å². The van der Waals surface area contributed by atoms with Gasteiger partial charge in [-0.25, -0.2) is 4.98 Å². The minimum Gasteiger partial charge on any atom is -0.393 e. The Bertz CT molecular complexity index is 1370. The van der Waals surface area contributed by atoms with Crippen LogP contribution in [0.15, 0.2) is 67.0 Å². The minimum atomic E-state index is -0.267. The molecule has 1 aliphatic heterocycles. The van der Waals surface area contributed by atoms with Crippen molar-refractivity contribution in [1.82, 2.24) is 15.2 Å². The largest absolute Gasteiger partial charge is 0.393 e. The third-order valence-corrected chi connectivity index (χ3v) is 7.22. The van der Waals surface area contributed by atoms with Gasteiger partial charge in [-0.1, -0.05) is 30.3 Å². The second-order valence-electron chi connectivity index (χ2n) is 10.2. The summed E-state index contributed by atoms with van der Waals surface area (Å²) in [5.74, 6) is 0.756. The van der Waals surface area contributed by atoms with Crippen LogP contribution in [0.1, 0.15) is 57.2 Å². The second-order valence-corrected chi connectivity index (χ2v) is 10.2. The molecule has 8 heteroatoms. The summed E-state index contributed by atoms with van der Waals surface area (Å²) in [6, 6.07) is 17.5. The number of anilines is 2. The van der Waals surface area contributed by atoms with Crippen LogP contribution in [-0.2, 0) is 0 Å². The molecule has 0 saturated carbocycles. The molecule has 39 heavy (non-hydrogen) atoms. The fourth-order valence-electron chi connectivity index (χ4n) is 4.43. The molecule has 3 N–H and O–H groups in total. The Balaban J connectivity index is 1.39. The van der Waals surface area contributed by atoms with Crippen molar-refractivity contribution >= 4 is 35.1 Å². The Morgan fingerprint density at radius 2 is 1.72 bits per heavy atom. The van der Waals surface area contributed by atoms with Crippen LogP contribution in [0.4, 0.5) is 11.5 Å². The van der Waals surface area contributed by atoms with Crippen molar-refractivity contribution in [2.24, 2.45) is 0 Å². The van der Waals surface area contributed by atoms with Gasteiger partial charge in [0, 0.05) is 74.6 Å². The van der Waals surface area contributed by atoms with E-state index in [4.69, 9.17) is 5.41 Å². The van der Waals surface area contributed by atoms with Crippen molar-refractivity contribution in [3.8, 4) is 0 Å². The van der Waals surface area contributed by atoms with E-state index in [1.165, 1.54) is 11.8 Å². The van der Waals surface area contributed by atoms with Crippen LogP contribution in [-0.4, -0.2) is 61.1 Å². The Hall–Kier alpha value is -4.46. The van der Waals surface area contributed by atoms with Crippen molar-refractivity contribution in [3.05, 3.63) is 94.8 Å². The van der Waals surface area contributed by atoms with E-state index in [1.54, 1.807) is 30.6 Å². The molecule has 2 aromatic carbocycles. The molecule has 8 nitrogen and oxygen atoms in total. The van der Waals surface area contributed by atoms with Crippen molar-refractivity contribution in [3.63, 3.8) is 0 Å². The normalized spacial score (nSPS) is 13.6. The topological polar surface area (TPSA) is 101 Å². The zero-order valence-corrected chi connectivity index (χ0v) is 23.2. The first-order valence-electron chi connectivity index (χ1n) is 13.1. The first-order chi connectivity index (χ1) is 18.7. The lowest BCUT2D eigenvalue weighted by atomic mass is 9.89. The Labute approximate surface area is 230 Å². The Morgan fingerprint density at radius 3 is 2.31 bits per heavy atom. The van der Waals surface area contributed by atoms with Crippen molar-refractivity contribution < 1.29 is 9.59 Å². The number of amides is 2. The summed E-state index contributed by atoms with van der Waals surface area (Å²) in [6.07, 6.45) is 4.69. The smallest absolute Gasteiger partial charge is 0.257 e. The lowest BCUT2D eigenvalue weighted by Crippen LogP contribution is -2.48.